The van der Waals surface area contributed by atoms with Crippen LogP contribution < -0.4 is 10.6 Å². The molecule has 1 aromatic heterocycles. The second kappa shape index (κ2) is 15.5. The molecular formula is C31H35F5N4O3. The third-order valence-electron chi connectivity index (χ3n) is 6.62. The van der Waals surface area contributed by atoms with E-state index in [0.29, 0.717) is 24.7 Å². The minimum Gasteiger partial charge on any atom is -0.390 e. The molecule has 3 aromatic rings. The molecule has 0 bridgehead atoms. The minimum absolute atomic E-state index is 0.0175. The summed E-state index contributed by atoms with van der Waals surface area (Å²) in [5.41, 5.74) is -0.0773. The van der Waals surface area contributed by atoms with Gasteiger partial charge in [-0.25, -0.2) is 8.78 Å². The maximum absolute atomic E-state index is 13.9. The van der Waals surface area contributed by atoms with Crippen LogP contribution in [-0.2, 0) is 19.1 Å². The van der Waals surface area contributed by atoms with Gasteiger partial charge in [0.1, 0.15) is 11.6 Å². The number of alkyl halides is 3. The summed E-state index contributed by atoms with van der Waals surface area (Å²) < 4.78 is 66.9. The third kappa shape index (κ3) is 10.1. The van der Waals surface area contributed by atoms with Crippen molar-refractivity contribution in [2.45, 2.75) is 58.0 Å². The molecule has 2 amide bonds. The summed E-state index contributed by atoms with van der Waals surface area (Å²) in [6, 6.07) is 7.85. The smallest absolute Gasteiger partial charge is 0.390 e. The lowest BCUT2D eigenvalue weighted by Gasteiger charge is -2.25. The molecule has 0 aliphatic heterocycles. The van der Waals surface area contributed by atoms with E-state index in [-0.39, 0.29) is 42.1 Å². The molecule has 0 unspecified atom stereocenters. The predicted octanol–water partition coefficient (Wildman–Crippen LogP) is 5.13. The average molecular weight is 607 g/mol. The molecule has 2 aromatic carbocycles. The van der Waals surface area contributed by atoms with Crippen molar-refractivity contribution in [1.82, 2.24) is 20.5 Å². The van der Waals surface area contributed by atoms with E-state index < -0.39 is 41.4 Å². The van der Waals surface area contributed by atoms with E-state index in [1.807, 2.05) is 13.8 Å². The number of carbonyl (C=O) groups is 2. The fourth-order valence-corrected chi connectivity index (χ4v) is 4.60. The van der Waals surface area contributed by atoms with Crippen molar-refractivity contribution in [2.24, 2.45) is 0 Å². The van der Waals surface area contributed by atoms with Crippen LogP contribution in [0.2, 0.25) is 0 Å². The van der Waals surface area contributed by atoms with Gasteiger partial charge in [0.25, 0.3) is 11.8 Å². The van der Waals surface area contributed by atoms with Gasteiger partial charge < -0.3 is 20.6 Å². The fourth-order valence-electron chi connectivity index (χ4n) is 4.60. The Morgan fingerprint density at radius 3 is 2.21 bits per heavy atom. The quantitative estimate of drug-likeness (QED) is 0.221. The molecule has 3 rings (SSSR count). The summed E-state index contributed by atoms with van der Waals surface area (Å²) in [4.78, 5) is 32.0. The van der Waals surface area contributed by atoms with Crippen molar-refractivity contribution in [3.63, 3.8) is 0 Å². The highest BCUT2D eigenvalue weighted by molar-refractivity contribution is 5.99. The second-order valence-electron chi connectivity index (χ2n) is 10.2. The van der Waals surface area contributed by atoms with E-state index in [4.69, 9.17) is 0 Å². The molecule has 0 saturated heterocycles. The van der Waals surface area contributed by atoms with Crippen LogP contribution in [-0.4, -0.2) is 58.6 Å². The lowest BCUT2D eigenvalue weighted by Crippen LogP contribution is -2.48. The highest BCUT2D eigenvalue weighted by Crippen LogP contribution is 2.29. The van der Waals surface area contributed by atoms with Crippen molar-refractivity contribution >= 4 is 11.8 Å². The van der Waals surface area contributed by atoms with Crippen LogP contribution in [0.4, 0.5) is 22.0 Å². The number of aliphatic hydroxyl groups excluding tert-OH is 1. The Bertz CT molecular complexity index is 1360. The largest absolute Gasteiger partial charge is 0.416 e. The number of aromatic nitrogens is 1. The Kier molecular flexibility index (Phi) is 12.1. The molecule has 0 saturated carbocycles. The van der Waals surface area contributed by atoms with Crippen molar-refractivity contribution in [2.75, 3.05) is 19.6 Å². The maximum Gasteiger partial charge on any atom is 0.416 e. The van der Waals surface area contributed by atoms with Gasteiger partial charge in [0.05, 0.1) is 28.8 Å². The lowest BCUT2D eigenvalue weighted by atomic mass is 10.00. The molecule has 232 valence electrons. The number of benzene rings is 2. The normalized spacial score (nSPS) is 12.9. The highest BCUT2D eigenvalue weighted by Gasteiger charge is 2.30. The third-order valence-corrected chi connectivity index (χ3v) is 6.62. The standard InChI is InChI=1S/C31H35F5N4O3/c1-3-8-40(9-4-2)30(43)23-14-22(17-38-18-23)29(42)39-27(13-21-11-25(32)15-26(33)12-21)28(41)19-37-16-20-6-5-7-24(10-20)31(34,35)36/h5-7,10-12,14-15,17-18,27-28,37,41H,3-4,8-9,13,16,19H2,1-2H3,(H,39,42)/t27-,28+/m0/s1. The van der Waals surface area contributed by atoms with E-state index in [2.05, 4.69) is 15.6 Å². The van der Waals surface area contributed by atoms with E-state index in [9.17, 15) is 36.6 Å². The van der Waals surface area contributed by atoms with Gasteiger partial charge in [-0.1, -0.05) is 32.0 Å². The van der Waals surface area contributed by atoms with Gasteiger partial charge in [0.2, 0.25) is 0 Å². The molecule has 43 heavy (non-hydrogen) atoms. The first-order chi connectivity index (χ1) is 20.4. The van der Waals surface area contributed by atoms with Gasteiger partial charge in [-0.2, -0.15) is 13.2 Å². The van der Waals surface area contributed by atoms with Crippen LogP contribution in [0, 0.1) is 11.6 Å². The number of aliphatic hydroxyl groups is 1. The monoisotopic (exact) mass is 606 g/mol. The zero-order valence-corrected chi connectivity index (χ0v) is 23.9. The summed E-state index contributed by atoms with van der Waals surface area (Å²) in [5.74, 6) is -2.64. The Morgan fingerprint density at radius 1 is 0.930 bits per heavy atom. The molecule has 3 N–H and O–H groups in total. The summed E-state index contributed by atoms with van der Waals surface area (Å²) in [5, 5.41) is 16.5. The van der Waals surface area contributed by atoms with Gasteiger partial charge in [0.15, 0.2) is 0 Å². The van der Waals surface area contributed by atoms with Crippen molar-refractivity contribution in [3.8, 4) is 0 Å². The van der Waals surface area contributed by atoms with Crippen LogP contribution >= 0.6 is 0 Å². The SMILES string of the molecule is CCCN(CCC)C(=O)c1cncc(C(=O)N[C@@H](Cc2cc(F)cc(F)c2)[C@H](O)CNCc2cccc(C(F)(F)F)c2)c1. The van der Waals surface area contributed by atoms with Gasteiger partial charge in [-0.15, -0.1) is 0 Å². The van der Waals surface area contributed by atoms with E-state index >= 15 is 0 Å². The number of rotatable bonds is 14. The van der Waals surface area contributed by atoms with Crippen LogP contribution in [0.5, 0.6) is 0 Å². The molecule has 0 spiro atoms. The molecule has 1 heterocycles. The minimum atomic E-state index is -4.51. The number of hydrogen-bond acceptors (Lipinski definition) is 5. The Balaban J connectivity index is 1.77. The van der Waals surface area contributed by atoms with Crippen LogP contribution in [0.3, 0.4) is 0 Å². The first kappa shape index (κ1) is 33.6. The topological polar surface area (TPSA) is 94.6 Å². The van der Waals surface area contributed by atoms with E-state index in [1.165, 1.54) is 30.6 Å². The Labute approximate surface area is 247 Å². The van der Waals surface area contributed by atoms with Crippen molar-refractivity contribution in [1.29, 1.82) is 0 Å². The highest BCUT2D eigenvalue weighted by atomic mass is 19.4. The number of pyridine rings is 1. The summed E-state index contributed by atoms with van der Waals surface area (Å²) >= 11 is 0. The number of amides is 2. The fraction of sp³-hybridized carbons (Fsp3) is 0.387. The number of halogens is 5. The molecule has 7 nitrogen and oxygen atoms in total. The summed E-state index contributed by atoms with van der Waals surface area (Å²) in [7, 11) is 0. The van der Waals surface area contributed by atoms with Crippen molar-refractivity contribution < 1.29 is 36.6 Å². The first-order valence-corrected chi connectivity index (χ1v) is 14.0. The molecule has 0 radical (unpaired) electrons. The van der Waals surface area contributed by atoms with Gasteiger partial charge >= 0.3 is 6.18 Å². The number of nitrogens with zero attached hydrogens (tertiary/aromatic N) is 2. The summed E-state index contributed by atoms with van der Waals surface area (Å²) in [6.07, 6.45) is -1.87. The van der Waals surface area contributed by atoms with Crippen LogP contribution in [0.15, 0.2) is 60.9 Å². The molecule has 12 heteroatoms. The van der Waals surface area contributed by atoms with E-state index in [0.717, 1.165) is 37.1 Å². The zero-order valence-electron chi connectivity index (χ0n) is 23.9. The molecule has 0 aliphatic carbocycles. The Morgan fingerprint density at radius 2 is 1.58 bits per heavy atom. The zero-order chi connectivity index (χ0) is 31.6. The number of nitrogens with one attached hydrogen (secondary N) is 2. The average Bonchev–Trinajstić information content (AvgIpc) is 2.95. The number of carbonyl (C=O) groups excluding carboxylic acids is 2. The molecule has 0 fully saturated rings. The molecule has 0 aliphatic rings. The van der Waals surface area contributed by atoms with E-state index in [1.54, 1.807) is 4.90 Å². The van der Waals surface area contributed by atoms with Crippen molar-refractivity contribution in [3.05, 3.63) is 100 Å². The Hall–Kier alpha value is -3.90. The molecule has 2 atom stereocenters. The second-order valence-corrected chi connectivity index (χ2v) is 10.2. The number of hydrogen-bond donors (Lipinski definition) is 3. The summed E-state index contributed by atoms with van der Waals surface area (Å²) in [6.45, 7) is 4.78. The first-order valence-electron chi connectivity index (χ1n) is 14.0. The van der Waals surface area contributed by atoms with Crippen LogP contribution in [0.1, 0.15) is 64.1 Å². The van der Waals surface area contributed by atoms with Gasteiger partial charge in [-0.3, -0.25) is 14.6 Å². The van der Waals surface area contributed by atoms with Gasteiger partial charge in [0, 0.05) is 44.6 Å². The lowest BCUT2D eigenvalue weighted by molar-refractivity contribution is -0.137. The maximum atomic E-state index is 13.9. The van der Waals surface area contributed by atoms with Gasteiger partial charge in [-0.05, 0) is 54.7 Å². The predicted molar refractivity (Wildman–Crippen MR) is 151 cm³/mol. The molecular weight excluding hydrogens is 571 g/mol. The van der Waals surface area contributed by atoms with Crippen LogP contribution in [0.25, 0.3) is 0 Å².